The molecule has 0 unspecified atom stereocenters. The van der Waals surface area contributed by atoms with E-state index in [4.69, 9.17) is 0 Å². The van der Waals surface area contributed by atoms with Crippen LogP contribution in [0.2, 0.25) is 0 Å². The standard InChI is InChI=1S/C23H21FN4S/c24-19-8-6-18(7-9-19)21-14-20-22(29-21)23(26-16-25-20)28-12-10-27(11-13-28)15-17-4-2-1-3-5-17/h1-9,14,16H,10-13,15H2. The number of anilines is 1. The number of benzene rings is 2. The quantitative estimate of drug-likeness (QED) is 0.488. The average Bonchev–Trinajstić information content (AvgIpc) is 3.20. The molecule has 146 valence electrons. The molecule has 0 saturated carbocycles. The third kappa shape index (κ3) is 3.86. The molecule has 6 heteroatoms. The molecule has 0 aliphatic carbocycles. The molecule has 5 rings (SSSR count). The van der Waals surface area contributed by atoms with Gasteiger partial charge in [0.1, 0.15) is 18.0 Å². The number of piperazine rings is 1. The summed E-state index contributed by atoms with van der Waals surface area (Å²) in [6.07, 6.45) is 1.65. The summed E-state index contributed by atoms with van der Waals surface area (Å²) in [4.78, 5) is 15.0. The first-order chi connectivity index (χ1) is 14.3. The lowest BCUT2D eigenvalue weighted by Crippen LogP contribution is -2.46. The van der Waals surface area contributed by atoms with Gasteiger partial charge in [-0.1, -0.05) is 42.5 Å². The van der Waals surface area contributed by atoms with Crippen molar-refractivity contribution in [3.63, 3.8) is 0 Å². The molecule has 0 bridgehead atoms. The lowest BCUT2D eigenvalue weighted by molar-refractivity contribution is 0.249. The second-order valence-corrected chi connectivity index (χ2v) is 8.33. The summed E-state index contributed by atoms with van der Waals surface area (Å²) in [5, 5.41) is 0. The van der Waals surface area contributed by atoms with Crippen molar-refractivity contribution in [2.75, 3.05) is 31.1 Å². The van der Waals surface area contributed by atoms with E-state index in [-0.39, 0.29) is 5.82 Å². The molecule has 1 aliphatic heterocycles. The Hall–Kier alpha value is -2.83. The highest BCUT2D eigenvalue weighted by molar-refractivity contribution is 7.22. The fraction of sp³-hybridized carbons (Fsp3) is 0.217. The van der Waals surface area contributed by atoms with Crippen molar-refractivity contribution in [3.05, 3.63) is 78.4 Å². The van der Waals surface area contributed by atoms with Crippen LogP contribution in [0.4, 0.5) is 10.2 Å². The van der Waals surface area contributed by atoms with Gasteiger partial charge in [-0.2, -0.15) is 0 Å². The zero-order valence-electron chi connectivity index (χ0n) is 16.0. The highest BCUT2D eigenvalue weighted by Crippen LogP contribution is 2.37. The van der Waals surface area contributed by atoms with Gasteiger partial charge in [-0.05, 0) is 29.3 Å². The highest BCUT2D eigenvalue weighted by atomic mass is 32.1. The monoisotopic (exact) mass is 404 g/mol. The van der Waals surface area contributed by atoms with E-state index in [0.717, 1.165) is 59.2 Å². The minimum Gasteiger partial charge on any atom is -0.353 e. The molecule has 3 heterocycles. The Kier molecular flexibility index (Phi) is 4.96. The Labute approximate surface area is 173 Å². The SMILES string of the molecule is Fc1ccc(-c2cc3ncnc(N4CCN(Cc5ccccc5)CC4)c3s2)cc1. The van der Waals surface area contributed by atoms with Gasteiger partial charge in [-0.15, -0.1) is 11.3 Å². The third-order valence-electron chi connectivity index (χ3n) is 5.34. The summed E-state index contributed by atoms with van der Waals surface area (Å²) < 4.78 is 14.4. The molecule has 0 amide bonds. The summed E-state index contributed by atoms with van der Waals surface area (Å²) in [6.45, 7) is 4.90. The molecule has 0 radical (unpaired) electrons. The van der Waals surface area contributed by atoms with E-state index in [1.54, 1.807) is 17.7 Å². The molecule has 1 aliphatic rings. The molecule has 2 aromatic carbocycles. The minimum absolute atomic E-state index is 0.219. The first-order valence-electron chi connectivity index (χ1n) is 9.78. The van der Waals surface area contributed by atoms with E-state index < -0.39 is 0 Å². The summed E-state index contributed by atoms with van der Waals surface area (Å²) >= 11 is 1.68. The first-order valence-corrected chi connectivity index (χ1v) is 10.6. The smallest absolute Gasteiger partial charge is 0.150 e. The van der Waals surface area contributed by atoms with Crippen LogP contribution in [0.5, 0.6) is 0 Å². The predicted molar refractivity (Wildman–Crippen MR) is 117 cm³/mol. The number of halogens is 1. The predicted octanol–water partition coefficient (Wildman–Crippen LogP) is 4.82. The van der Waals surface area contributed by atoms with Crippen molar-refractivity contribution in [2.24, 2.45) is 0 Å². The largest absolute Gasteiger partial charge is 0.353 e. The molecule has 0 spiro atoms. The molecule has 0 atom stereocenters. The zero-order chi connectivity index (χ0) is 19.6. The van der Waals surface area contributed by atoms with Crippen LogP contribution < -0.4 is 4.90 Å². The third-order valence-corrected chi connectivity index (χ3v) is 6.51. The number of thiophene rings is 1. The fourth-order valence-electron chi connectivity index (χ4n) is 3.78. The maximum Gasteiger partial charge on any atom is 0.150 e. The Morgan fingerprint density at radius 2 is 1.66 bits per heavy atom. The van der Waals surface area contributed by atoms with E-state index in [1.807, 2.05) is 12.1 Å². The number of hydrogen-bond acceptors (Lipinski definition) is 5. The maximum absolute atomic E-state index is 13.3. The Balaban J connectivity index is 1.35. The van der Waals surface area contributed by atoms with Gasteiger partial charge in [-0.25, -0.2) is 14.4 Å². The Morgan fingerprint density at radius 3 is 2.41 bits per heavy atom. The van der Waals surface area contributed by atoms with Crippen LogP contribution in [0, 0.1) is 5.82 Å². The Bertz CT molecular complexity index is 1100. The molecule has 2 aromatic heterocycles. The molecular formula is C23H21FN4S. The zero-order valence-corrected chi connectivity index (χ0v) is 16.8. The average molecular weight is 405 g/mol. The normalized spacial score (nSPS) is 15.1. The van der Waals surface area contributed by atoms with Crippen molar-refractivity contribution < 1.29 is 4.39 Å². The lowest BCUT2D eigenvalue weighted by atomic mass is 10.2. The van der Waals surface area contributed by atoms with E-state index in [9.17, 15) is 4.39 Å². The second-order valence-electron chi connectivity index (χ2n) is 7.28. The van der Waals surface area contributed by atoms with Gasteiger partial charge < -0.3 is 4.90 Å². The molecule has 0 N–H and O–H groups in total. The van der Waals surface area contributed by atoms with Crippen molar-refractivity contribution in [2.45, 2.75) is 6.54 Å². The molecule has 4 nitrogen and oxygen atoms in total. The highest BCUT2D eigenvalue weighted by Gasteiger charge is 2.21. The van der Waals surface area contributed by atoms with Crippen molar-refractivity contribution in [3.8, 4) is 10.4 Å². The molecular weight excluding hydrogens is 383 g/mol. The van der Waals surface area contributed by atoms with Gasteiger partial charge in [-0.3, -0.25) is 4.90 Å². The topological polar surface area (TPSA) is 32.3 Å². The summed E-state index contributed by atoms with van der Waals surface area (Å²) in [6, 6.07) is 19.3. The van der Waals surface area contributed by atoms with Crippen LogP contribution in [0.25, 0.3) is 20.7 Å². The summed E-state index contributed by atoms with van der Waals surface area (Å²) in [7, 11) is 0. The van der Waals surface area contributed by atoms with Gasteiger partial charge >= 0.3 is 0 Å². The molecule has 1 fully saturated rings. The van der Waals surface area contributed by atoms with Crippen molar-refractivity contribution >= 4 is 27.4 Å². The van der Waals surface area contributed by atoms with E-state index in [2.05, 4.69) is 56.2 Å². The Morgan fingerprint density at radius 1 is 0.897 bits per heavy atom. The number of aromatic nitrogens is 2. The van der Waals surface area contributed by atoms with Gasteiger partial charge in [0.2, 0.25) is 0 Å². The first kappa shape index (κ1) is 18.2. The number of fused-ring (bicyclic) bond motifs is 1. The van der Waals surface area contributed by atoms with Gasteiger partial charge in [0.15, 0.2) is 0 Å². The molecule has 1 saturated heterocycles. The van der Waals surface area contributed by atoms with Crippen LogP contribution in [0.3, 0.4) is 0 Å². The fourth-order valence-corrected chi connectivity index (χ4v) is 4.92. The van der Waals surface area contributed by atoms with Crippen LogP contribution >= 0.6 is 11.3 Å². The molecule has 4 aromatic rings. The van der Waals surface area contributed by atoms with Gasteiger partial charge in [0.05, 0.1) is 10.2 Å². The molecule has 29 heavy (non-hydrogen) atoms. The number of nitrogens with zero attached hydrogens (tertiary/aromatic N) is 4. The van der Waals surface area contributed by atoms with E-state index in [1.165, 1.54) is 17.7 Å². The van der Waals surface area contributed by atoms with Crippen molar-refractivity contribution in [1.29, 1.82) is 0 Å². The lowest BCUT2D eigenvalue weighted by Gasteiger charge is -2.35. The minimum atomic E-state index is -0.219. The summed E-state index contributed by atoms with van der Waals surface area (Å²) in [5.74, 6) is 0.788. The number of rotatable bonds is 4. The van der Waals surface area contributed by atoms with Crippen LogP contribution in [0.1, 0.15) is 5.56 Å². The number of hydrogen-bond donors (Lipinski definition) is 0. The van der Waals surface area contributed by atoms with Gasteiger partial charge in [0, 0.05) is 37.6 Å². The maximum atomic E-state index is 13.3. The van der Waals surface area contributed by atoms with E-state index >= 15 is 0 Å². The van der Waals surface area contributed by atoms with Crippen LogP contribution in [-0.4, -0.2) is 41.0 Å². The van der Waals surface area contributed by atoms with Crippen LogP contribution in [0.15, 0.2) is 67.0 Å². The van der Waals surface area contributed by atoms with Crippen LogP contribution in [-0.2, 0) is 6.54 Å². The van der Waals surface area contributed by atoms with Gasteiger partial charge in [0.25, 0.3) is 0 Å². The summed E-state index contributed by atoms with van der Waals surface area (Å²) in [5.41, 5.74) is 3.31. The second kappa shape index (κ2) is 7.89. The van der Waals surface area contributed by atoms with E-state index in [0.29, 0.717) is 0 Å². The van der Waals surface area contributed by atoms with Crippen molar-refractivity contribution in [1.82, 2.24) is 14.9 Å².